The topological polar surface area (TPSA) is 60.6 Å². The smallest absolute Gasteiger partial charge is 0.132 e. The molecular weight excluding hydrogens is 384 g/mol. The van der Waals surface area contributed by atoms with Gasteiger partial charge in [-0.3, -0.25) is 9.67 Å². The number of nitrogens with zero attached hydrogens (tertiary/aromatic N) is 5. The molecular formula is C25H22N6. The monoisotopic (exact) mass is 406 g/mol. The minimum atomic E-state index is 0.597. The molecule has 6 rings (SSSR count). The zero-order valence-electron chi connectivity index (χ0n) is 17.4. The van der Waals surface area contributed by atoms with E-state index in [0.717, 1.165) is 51.6 Å². The van der Waals surface area contributed by atoms with Crippen molar-refractivity contribution in [2.75, 3.05) is 5.32 Å². The molecule has 1 unspecified atom stereocenters. The van der Waals surface area contributed by atoms with E-state index in [1.165, 1.54) is 5.56 Å². The van der Waals surface area contributed by atoms with Crippen LogP contribution in [-0.4, -0.2) is 24.3 Å². The molecule has 6 heteroatoms. The van der Waals surface area contributed by atoms with Crippen molar-refractivity contribution in [3.63, 3.8) is 0 Å². The lowest BCUT2D eigenvalue weighted by Crippen LogP contribution is -2.06. The van der Waals surface area contributed by atoms with Gasteiger partial charge in [-0.15, -0.1) is 0 Å². The number of hydrogen-bond acceptors (Lipinski definition) is 4. The Labute approximate surface area is 180 Å². The molecule has 0 amide bonds. The van der Waals surface area contributed by atoms with Crippen LogP contribution in [0.3, 0.4) is 0 Å². The molecule has 2 bridgehead atoms. The lowest BCUT2D eigenvalue weighted by atomic mass is 10.0. The van der Waals surface area contributed by atoms with E-state index in [2.05, 4.69) is 57.4 Å². The Morgan fingerprint density at radius 2 is 1.84 bits per heavy atom. The Morgan fingerprint density at radius 1 is 0.968 bits per heavy atom. The minimum absolute atomic E-state index is 0.597. The van der Waals surface area contributed by atoms with Gasteiger partial charge in [0.2, 0.25) is 0 Å². The highest BCUT2D eigenvalue weighted by Crippen LogP contribution is 2.34. The van der Waals surface area contributed by atoms with E-state index >= 15 is 0 Å². The van der Waals surface area contributed by atoms with Gasteiger partial charge < -0.3 is 9.88 Å². The second-order valence-electron chi connectivity index (χ2n) is 8.23. The van der Waals surface area contributed by atoms with Crippen molar-refractivity contribution in [2.45, 2.75) is 19.4 Å². The van der Waals surface area contributed by atoms with Crippen molar-refractivity contribution in [3.05, 3.63) is 78.8 Å². The maximum atomic E-state index is 4.85. The standard InChI is InChI=1S/C25H22N6/c1-16-13-31-14-19(16)11-24(31)28-23-9-8-21-22(27-23)10-18(12-26-21)20-15-30(2)29-25(20)17-6-4-3-5-7-17/h3-12,14-16H,13H2,1-2H3,(H,27,28). The van der Waals surface area contributed by atoms with Gasteiger partial charge in [0.05, 0.1) is 11.0 Å². The third-order valence-electron chi connectivity index (χ3n) is 5.94. The highest BCUT2D eigenvalue weighted by molar-refractivity contribution is 5.86. The van der Waals surface area contributed by atoms with Crippen LogP contribution >= 0.6 is 0 Å². The van der Waals surface area contributed by atoms with Gasteiger partial charge in [-0.2, -0.15) is 5.10 Å². The van der Waals surface area contributed by atoms with Crippen LogP contribution in [0.1, 0.15) is 18.4 Å². The summed E-state index contributed by atoms with van der Waals surface area (Å²) >= 11 is 0. The van der Waals surface area contributed by atoms with Gasteiger partial charge in [-0.25, -0.2) is 4.98 Å². The summed E-state index contributed by atoms with van der Waals surface area (Å²) in [5, 5.41) is 8.15. The van der Waals surface area contributed by atoms with Crippen LogP contribution in [0.2, 0.25) is 0 Å². The summed E-state index contributed by atoms with van der Waals surface area (Å²) in [7, 11) is 1.94. The molecule has 6 nitrogen and oxygen atoms in total. The van der Waals surface area contributed by atoms with E-state index in [1.807, 2.05) is 54.5 Å². The van der Waals surface area contributed by atoms with Crippen LogP contribution in [0.4, 0.5) is 11.6 Å². The van der Waals surface area contributed by atoms with Crippen LogP contribution < -0.4 is 5.32 Å². The Morgan fingerprint density at radius 3 is 2.61 bits per heavy atom. The van der Waals surface area contributed by atoms with Crippen LogP contribution in [0.15, 0.2) is 73.2 Å². The molecule has 5 heterocycles. The van der Waals surface area contributed by atoms with E-state index < -0.39 is 0 Å². The SMILES string of the molecule is CC1Cn2cc1cc2Nc1ccc2ncc(-c3cn(C)nc3-c3ccccc3)cc2n1. The first-order chi connectivity index (χ1) is 15.1. The summed E-state index contributed by atoms with van der Waals surface area (Å²) in [5.41, 5.74) is 7.18. The number of aromatic nitrogens is 5. The number of benzene rings is 1. The molecule has 5 aromatic rings. The van der Waals surface area contributed by atoms with Crippen molar-refractivity contribution in [1.82, 2.24) is 24.3 Å². The van der Waals surface area contributed by atoms with E-state index in [9.17, 15) is 0 Å². The fraction of sp³-hybridized carbons (Fsp3) is 0.160. The van der Waals surface area contributed by atoms with Gasteiger partial charge >= 0.3 is 0 Å². The number of anilines is 2. The summed E-state index contributed by atoms with van der Waals surface area (Å²) in [5.74, 6) is 2.50. The van der Waals surface area contributed by atoms with Gasteiger partial charge in [-0.1, -0.05) is 37.3 Å². The first-order valence-corrected chi connectivity index (χ1v) is 10.5. The Bertz CT molecular complexity index is 1410. The Hall–Kier alpha value is -3.93. The molecule has 152 valence electrons. The molecule has 1 aliphatic rings. The van der Waals surface area contributed by atoms with E-state index in [4.69, 9.17) is 4.98 Å². The zero-order valence-corrected chi connectivity index (χ0v) is 17.4. The molecule has 0 saturated carbocycles. The average Bonchev–Trinajstić information content (AvgIpc) is 3.47. The van der Waals surface area contributed by atoms with Gasteiger partial charge in [0, 0.05) is 54.8 Å². The third-order valence-corrected chi connectivity index (χ3v) is 5.94. The fourth-order valence-electron chi connectivity index (χ4n) is 4.32. The number of nitrogens with one attached hydrogen (secondary N) is 1. The quantitative estimate of drug-likeness (QED) is 0.436. The van der Waals surface area contributed by atoms with Crippen molar-refractivity contribution in [3.8, 4) is 22.4 Å². The highest BCUT2D eigenvalue weighted by atomic mass is 15.3. The molecule has 1 N–H and O–H groups in total. The maximum absolute atomic E-state index is 4.85. The number of hydrogen-bond donors (Lipinski definition) is 1. The summed E-state index contributed by atoms with van der Waals surface area (Å²) in [6.07, 6.45) is 6.15. The van der Waals surface area contributed by atoms with E-state index in [-0.39, 0.29) is 0 Å². The first-order valence-electron chi connectivity index (χ1n) is 10.5. The van der Waals surface area contributed by atoms with Gasteiger partial charge in [0.25, 0.3) is 0 Å². The summed E-state index contributed by atoms with van der Waals surface area (Å²) in [6, 6.07) is 18.5. The number of rotatable bonds is 4. The Kier molecular flexibility index (Phi) is 3.93. The molecule has 1 atom stereocenters. The van der Waals surface area contributed by atoms with Crippen molar-refractivity contribution >= 4 is 22.7 Å². The molecule has 0 saturated heterocycles. The maximum Gasteiger partial charge on any atom is 0.132 e. The van der Waals surface area contributed by atoms with Crippen LogP contribution in [0.5, 0.6) is 0 Å². The van der Waals surface area contributed by atoms with E-state index in [0.29, 0.717) is 5.92 Å². The van der Waals surface area contributed by atoms with Gasteiger partial charge in [0.15, 0.2) is 0 Å². The first kappa shape index (κ1) is 17.9. The molecule has 0 spiro atoms. The predicted octanol–water partition coefficient (Wildman–Crippen LogP) is 5.36. The number of fused-ring (bicyclic) bond motifs is 3. The Balaban J connectivity index is 1.39. The van der Waals surface area contributed by atoms with Crippen molar-refractivity contribution < 1.29 is 0 Å². The number of pyridine rings is 2. The van der Waals surface area contributed by atoms with Crippen LogP contribution in [0, 0.1) is 0 Å². The van der Waals surface area contributed by atoms with Crippen LogP contribution in [0.25, 0.3) is 33.4 Å². The molecule has 31 heavy (non-hydrogen) atoms. The minimum Gasteiger partial charge on any atom is -0.334 e. The lowest BCUT2D eigenvalue weighted by Gasteiger charge is -2.14. The second kappa shape index (κ2) is 6.80. The molecule has 0 fully saturated rings. The average molecular weight is 406 g/mol. The summed E-state index contributed by atoms with van der Waals surface area (Å²) in [4.78, 5) is 9.51. The number of aryl methyl sites for hydroxylation is 1. The summed E-state index contributed by atoms with van der Waals surface area (Å²) in [6.45, 7) is 3.28. The second-order valence-corrected chi connectivity index (χ2v) is 8.23. The molecule has 1 aliphatic heterocycles. The van der Waals surface area contributed by atoms with Gasteiger partial charge in [-0.05, 0) is 29.8 Å². The largest absolute Gasteiger partial charge is 0.334 e. The normalized spacial score (nSPS) is 15.0. The zero-order chi connectivity index (χ0) is 20.9. The molecule has 0 aliphatic carbocycles. The lowest BCUT2D eigenvalue weighted by molar-refractivity contribution is 0.644. The van der Waals surface area contributed by atoms with Gasteiger partial charge in [0.1, 0.15) is 17.3 Å². The fourth-order valence-corrected chi connectivity index (χ4v) is 4.32. The highest BCUT2D eigenvalue weighted by Gasteiger charge is 2.20. The molecule has 4 aromatic heterocycles. The van der Waals surface area contributed by atoms with Crippen molar-refractivity contribution in [1.29, 1.82) is 0 Å². The van der Waals surface area contributed by atoms with E-state index in [1.54, 1.807) is 0 Å². The molecule has 0 radical (unpaired) electrons. The molecule has 1 aromatic carbocycles. The predicted molar refractivity (Wildman–Crippen MR) is 123 cm³/mol. The summed E-state index contributed by atoms with van der Waals surface area (Å²) < 4.78 is 4.10. The van der Waals surface area contributed by atoms with Crippen molar-refractivity contribution in [2.24, 2.45) is 7.05 Å². The third kappa shape index (κ3) is 3.08. The van der Waals surface area contributed by atoms with Crippen LogP contribution in [-0.2, 0) is 13.6 Å².